The van der Waals surface area contributed by atoms with E-state index in [4.69, 9.17) is 0 Å². The van der Waals surface area contributed by atoms with Crippen molar-refractivity contribution in [2.75, 3.05) is 21.1 Å². The van der Waals surface area contributed by atoms with Crippen LogP contribution in [-0.4, -0.2) is 56.9 Å². The van der Waals surface area contributed by atoms with Crippen molar-refractivity contribution in [2.45, 2.75) is 18.9 Å². The minimum Gasteiger partial charge on any atom is -0.359 e. The molecule has 0 heterocycles. The Morgan fingerprint density at radius 1 is 1.26 bits per heavy atom. The highest BCUT2D eigenvalue weighted by molar-refractivity contribution is 5.92. The van der Waals surface area contributed by atoms with Gasteiger partial charge in [-0.1, -0.05) is 19.2 Å². The van der Waals surface area contributed by atoms with E-state index >= 15 is 0 Å². The minimum atomic E-state index is -0.929. The first-order chi connectivity index (χ1) is 10.8. The van der Waals surface area contributed by atoms with E-state index in [-0.39, 0.29) is 29.4 Å². The van der Waals surface area contributed by atoms with Gasteiger partial charge in [0, 0.05) is 19.0 Å². The van der Waals surface area contributed by atoms with Crippen LogP contribution >= 0.6 is 0 Å². The number of nitrogens with zero attached hydrogens (tertiary/aromatic N) is 1. The van der Waals surface area contributed by atoms with Crippen LogP contribution in [0.2, 0.25) is 0 Å². The van der Waals surface area contributed by atoms with E-state index in [2.05, 4.69) is 18.5 Å². The molecule has 0 radical (unpaired) electrons. The van der Waals surface area contributed by atoms with Gasteiger partial charge in [0.05, 0.1) is 11.6 Å². The van der Waals surface area contributed by atoms with Crippen molar-refractivity contribution in [1.29, 1.82) is 0 Å². The van der Waals surface area contributed by atoms with Crippen LogP contribution in [0, 0.1) is 0 Å². The summed E-state index contributed by atoms with van der Waals surface area (Å²) in [4.78, 5) is 43.4. The van der Waals surface area contributed by atoms with Crippen molar-refractivity contribution >= 4 is 24.8 Å². The third-order valence-corrected chi connectivity index (χ3v) is 2.83. The summed E-state index contributed by atoms with van der Waals surface area (Å²) in [5, 5.41) is 2.51. The second-order valence-electron chi connectivity index (χ2n) is 4.59. The Kier molecular flexibility index (Phi) is 13.2. The van der Waals surface area contributed by atoms with Crippen LogP contribution in [-0.2, 0) is 19.2 Å². The molecule has 0 rings (SSSR count). The number of aldehydes is 3. The molecule has 0 saturated carbocycles. The van der Waals surface area contributed by atoms with E-state index in [1.165, 1.54) is 0 Å². The quantitative estimate of drug-likeness (QED) is 0.388. The van der Waals surface area contributed by atoms with Gasteiger partial charge in [-0.15, -0.1) is 0 Å². The highest BCUT2D eigenvalue weighted by Gasteiger charge is 2.11. The fourth-order valence-electron chi connectivity index (χ4n) is 1.36. The van der Waals surface area contributed by atoms with Gasteiger partial charge in [-0.2, -0.15) is 0 Å². The van der Waals surface area contributed by atoms with Gasteiger partial charge in [-0.25, -0.2) is 4.39 Å². The van der Waals surface area contributed by atoms with Crippen molar-refractivity contribution in [1.82, 2.24) is 10.2 Å². The number of hydrogen-bond donors (Lipinski definition) is 1. The lowest BCUT2D eigenvalue weighted by molar-refractivity contribution is -0.121. The summed E-state index contributed by atoms with van der Waals surface area (Å²) in [5.74, 6) is -0.953. The maximum atomic E-state index is 12.3. The third kappa shape index (κ3) is 10.0. The first-order valence-corrected chi connectivity index (χ1v) is 6.73. The first-order valence-electron chi connectivity index (χ1n) is 6.73. The van der Waals surface area contributed by atoms with Crippen LogP contribution < -0.4 is 5.32 Å². The van der Waals surface area contributed by atoms with Crippen LogP contribution in [0.15, 0.2) is 36.2 Å². The highest BCUT2D eigenvalue weighted by atomic mass is 19.1. The topological polar surface area (TPSA) is 83.5 Å². The number of allylic oxidation sites excluding steroid dienone is 4. The van der Waals surface area contributed by atoms with E-state index in [9.17, 15) is 23.6 Å². The molecule has 0 aliphatic rings. The molecule has 0 aromatic rings. The van der Waals surface area contributed by atoms with E-state index in [0.29, 0.717) is 19.1 Å². The van der Waals surface area contributed by atoms with E-state index in [1.807, 2.05) is 14.1 Å². The van der Waals surface area contributed by atoms with Crippen molar-refractivity contribution in [2.24, 2.45) is 0 Å². The van der Waals surface area contributed by atoms with E-state index in [1.54, 1.807) is 11.9 Å². The average Bonchev–Trinajstić information content (AvgIpc) is 2.52. The van der Waals surface area contributed by atoms with Gasteiger partial charge in [0.25, 0.3) is 0 Å². The fraction of sp³-hybridized carbons (Fsp3) is 0.375. The first kappa shape index (κ1) is 22.9. The fourth-order valence-corrected chi connectivity index (χ4v) is 1.36. The van der Waals surface area contributed by atoms with Crippen LogP contribution in [0.1, 0.15) is 12.8 Å². The van der Waals surface area contributed by atoms with Gasteiger partial charge >= 0.3 is 0 Å². The molecular weight excluding hydrogens is 303 g/mol. The maximum absolute atomic E-state index is 12.3. The van der Waals surface area contributed by atoms with Gasteiger partial charge in [0.15, 0.2) is 12.6 Å². The Balaban J connectivity index is 0. The molecule has 0 aliphatic heterocycles. The van der Waals surface area contributed by atoms with Crippen molar-refractivity contribution in [3.05, 3.63) is 36.2 Å². The van der Waals surface area contributed by atoms with Gasteiger partial charge in [-0.05, 0) is 20.5 Å². The number of likely N-dealkylation sites (N-methyl/N-ethyl adjacent to an activating group) is 1. The number of halogens is 1. The average molecular weight is 326 g/mol. The number of carbonyl (C=O) groups is 4. The molecule has 23 heavy (non-hydrogen) atoms. The summed E-state index contributed by atoms with van der Waals surface area (Å²) in [7, 11) is 5.24. The zero-order chi connectivity index (χ0) is 18.4. The summed E-state index contributed by atoms with van der Waals surface area (Å²) in [6, 6.07) is -0.151. The molecule has 128 valence electrons. The molecule has 0 aromatic heterocycles. The van der Waals surface area contributed by atoms with Gasteiger partial charge in [0.1, 0.15) is 12.1 Å². The van der Waals surface area contributed by atoms with Gasteiger partial charge < -0.3 is 10.1 Å². The van der Waals surface area contributed by atoms with Crippen LogP contribution in [0.4, 0.5) is 4.39 Å². The van der Waals surface area contributed by atoms with Crippen molar-refractivity contribution in [3.8, 4) is 0 Å². The number of amides is 1. The predicted molar refractivity (Wildman–Crippen MR) is 86.4 cm³/mol. The molecule has 0 bridgehead atoms. The molecule has 1 amide bonds. The largest absolute Gasteiger partial charge is 0.359 e. The molecular formula is C16H23FN2O4. The lowest BCUT2D eigenvalue weighted by atomic mass is 10.1. The number of nitrogens with one attached hydrogen (secondary N) is 1. The summed E-state index contributed by atoms with van der Waals surface area (Å²) in [6.45, 7) is 6.11. The SMILES string of the molecule is C=C/C(C=O)=C(/C=O)C(=C)F.CNC(=O)CCC(C=O)N(C)C. The standard InChI is InChI=1S/C8H7FO2.C8H16N2O2/c1-3-7(4-10)8(5-11)6(2)9;1-9-8(12)5-4-7(6-11)10(2)3/h3-5H,1-2H2;6-7H,4-5H2,1-3H3,(H,9,12)/b8-7+;. The molecule has 0 spiro atoms. The van der Waals surface area contributed by atoms with E-state index < -0.39 is 5.83 Å². The third-order valence-electron chi connectivity index (χ3n) is 2.83. The molecule has 0 fully saturated rings. The smallest absolute Gasteiger partial charge is 0.219 e. The van der Waals surface area contributed by atoms with Crippen LogP contribution in [0.25, 0.3) is 0 Å². The second-order valence-corrected chi connectivity index (χ2v) is 4.59. The van der Waals surface area contributed by atoms with Crippen molar-refractivity contribution in [3.63, 3.8) is 0 Å². The van der Waals surface area contributed by atoms with E-state index in [0.717, 1.165) is 12.4 Å². The molecule has 0 saturated heterocycles. The summed E-state index contributed by atoms with van der Waals surface area (Å²) in [5.41, 5.74) is -0.442. The summed E-state index contributed by atoms with van der Waals surface area (Å²) >= 11 is 0. The molecule has 1 N–H and O–H groups in total. The second kappa shape index (κ2) is 13.3. The molecule has 1 unspecified atom stereocenters. The Bertz CT molecular complexity index is 474. The van der Waals surface area contributed by atoms with Crippen LogP contribution in [0.5, 0.6) is 0 Å². The number of hydrogen-bond acceptors (Lipinski definition) is 5. The zero-order valence-corrected chi connectivity index (χ0v) is 13.7. The number of rotatable bonds is 9. The Morgan fingerprint density at radius 3 is 2.04 bits per heavy atom. The van der Waals surface area contributed by atoms with Gasteiger partial charge in [-0.3, -0.25) is 19.3 Å². The molecule has 7 heteroatoms. The highest BCUT2D eigenvalue weighted by Crippen LogP contribution is 2.10. The zero-order valence-electron chi connectivity index (χ0n) is 13.7. The lowest BCUT2D eigenvalue weighted by Crippen LogP contribution is -2.31. The summed E-state index contributed by atoms with van der Waals surface area (Å²) in [6.07, 6.45) is 3.52. The normalized spacial score (nSPS) is 12.0. The molecule has 1 atom stereocenters. The molecule has 0 aliphatic carbocycles. The Morgan fingerprint density at radius 2 is 1.83 bits per heavy atom. The predicted octanol–water partition coefficient (Wildman–Crippen LogP) is 0.992. The monoisotopic (exact) mass is 326 g/mol. The van der Waals surface area contributed by atoms with Crippen LogP contribution in [0.3, 0.4) is 0 Å². The number of carbonyl (C=O) groups excluding carboxylic acids is 4. The lowest BCUT2D eigenvalue weighted by Gasteiger charge is -2.17. The maximum Gasteiger partial charge on any atom is 0.219 e. The molecule has 0 aromatic carbocycles. The Labute approximate surface area is 135 Å². The molecule has 6 nitrogen and oxygen atoms in total. The Hall–Kier alpha value is -2.41. The minimum absolute atomic E-state index is 0.0244. The summed E-state index contributed by atoms with van der Waals surface area (Å²) < 4.78 is 12.3. The van der Waals surface area contributed by atoms with Gasteiger partial charge in [0.2, 0.25) is 5.91 Å². The van der Waals surface area contributed by atoms with Crippen molar-refractivity contribution < 1.29 is 23.6 Å².